The van der Waals surface area contributed by atoms with Gasteiger partial charge < -0.3 is 9.94 Å². The Morgan fingerprint density at radius 2 is 2.27 bits per heavy atom. The molecule has 0 radical (unpaired) electrons. The second-order valence-corrected chi connectivity index (χ2v) is 4.01. The highest BCUT2D eigenvalue weighted by atomic mass is 32.2. The molecule has 0 atom stereocenters. The molecule has 1 aromatic heterocycles. The van der Waals surface area contributed by atoms with Gasteiger partial charge in [0.05, 0.1) is 12.9 Å². The molecule has 0 aromatic carbocycles. The normalized spacial score (nSPS) is 10.9. The van der Waals surface area contributed by atoms with Crippen molar-refractivity contribution in [1.29, 1.82) is 0 Å². The van der Waals surface area contributed by atoms with Gasteiger partial charge >= 0.3 is 0 Å². The van der Waals surface area contributed by atoms with E-state index in [4.69, 9.17) is 4.74 Å². The number of rotatable bonds is 4. The third kappa shape index (κ3) is 3.16. The Hall–Kier alpha value is -1.16. The van der Waals surface area contributed by atoms with E-state index in [0.29, 0.717) is 6.61 Å². The van der Waals surface area contributed by atoms with E-state index in [-0.39, 0.29) is 0 Å². The van der Waals surface area contributed by atoms with Crippen molar-refractivity contribution in [2.24, 2.45) is 0 Å². The van der Waals surface area contributed by atoms with E-state index < -0.39 is 0 Å². The van der Waals surface area contributed by atoms with Crippen molar-refractivity contribution in [2.75, 3.05) is 6.61 Å². The summed E-state index contributed by atoms with van der Waals surface area (Å²) >= 11 is 1.55. The minimum atomic E-state index is 0.671. The summed E-state index contributed by atoms with van der Waals surface area (Å²) in [6, 6.07) is 1.82. The third-order valence-corrected chi connectivity index (χ3v) is 3.06. The maximum absolute atomic E-state index is 11.2. The molecule has 82 valence electrons. The Morgan fingerprint density at radius 3 is 2.93 bits per heavy atom. The fourth-order valence-electron chi connectivity index (χ4n) is 1.08. The van der Waals surface area contributed by atoms with E-state index in [9.17, 15) is 5.21 Å². The van der Waals surface area contributed by atoms with Crippen LogP contribution in [0.15, 0.2) is 28.8 Å². The SMILES string of the molecule is CCO/C=C/Sc1cc[n+]([O-])c(C)c1C. The van der Waals surface area contributed by atoms with Crippen LogP contribution >= 0.6 is 11.8 Å². The summed E-state index contributed by atoms with van der Waals surface area (Å²) in [5.41, 5.74) is 1.75. The van der Waals surface area contributed by atoms with E-state index in [1.807, 2.05) is 32.2 Å². The quantitative estimate of drug-likeness (QED) is 0.342. The fourth-order valence-corrected chi connectivity index (χ4v) is 1.82. The number of hydrogen-bond acceptors (Lipinski definition) is 3. The minimum Gasteiger partial charge on any atom is -0.619 e. The summed E-state index contributed by atoms with van der Waals surface area (Å²) in [6.07, 6.45) is 3.19. The van der Waals surface area contributed by atoms with Crippen molar-refractivity contribution in [2.45, 2.75) is 25.7 Å². The first-order valence-electron chi connectivity index (χ1n) is 4.79. The Balaban J connectivity index is 2.74. The number of pyridine rings is 1. The Morgan fingerprint density at radius 1 is 1.53 bits per heavy atom. The average Bonchev–Trinajstić information content (AvgIpc) is 2.24. The lowest BCUT2D eigenvalue weighted by Crippen LogP contribution is -2.30. The van der Waals surface area contributed by atoms with Crippen LogP contribution in [-0.2, 0) is 4.74 Å². The van der Waals surface area contributed by atoms with Crippen LogP contribution in [0.25, 0.3) is 0 Å². The van der Waals surface area contributed by atoms with Gasteiger partial charge in [0.1, 0.15) is 0 Å². The lowest BCUT2D eigenvalue weighted by Gasteiger charge is -2.06. The van der Waals surface area contributed by atoms with Gasteiger partial charge in [-0.2, -0.15) is 4.73 Å². The van der Waals surface area contributed by atoms with Crippen LogP contribution in [-0.4, -0.2) is 6.61 Å². The Kier molecular flexibility index (Phi) is 4.49. The highest BCUT2D eigenvalue weighted by Crippen LogP contribution is 2.23. The smallest absolute Gasteiger partial charge is 0.193 e. The van der Waals surface area contributed by atoms with Gasteiger partial charge in [0.2, 0.25) is 0 Å². The van der Waals surface area contributed by atoms with Crippen molar-refractivity contribution >= 4 is 11.8 Å². The second-order valence-electron chi connectivity index (χ2n) is 3.06. The summed E-state index contributed by atoms with van der Waals surface area (Å²) < 4.78 is 5.96. The molecule has 0 fully saturated rings. The van der Waals surface area contributed by atoms with Gasteiger partial charge in [-0.3, -0.25) is 0 Å². The number of nitrogens with zero attached hydrogens (tertiary/aromatic N) is 1. The predicted molar refractivity (Wildman–Crippen MR) is 61.5 cm³/mol. The molecular formula is C11H15NO2S. The van der Waals surface area contributed by atoms with Gasteiger partial charge in [-0.25, -0.2) is 0 Å². The molecule has 3 nitrogen and oxygen atoms in total. The second kappa shape index (κ2) is 5.66. The van der Waals surface area contributed by atoms with Gasteiger partial charge in [0.15, 0.2) is 11.9 Å². The molecule has 0 N–H and O–H groups in total. The molecule has 0 spiro atoms. The maximum atomic E-state index is 11.2. The molecule has 0 saturated heterocycles. The summed E-state index contributed by atoms with van der Waals surface area (Å²) in [7, 11) is 0. The molecule has 0 aliphatic heterocycles. The third-order valence-electron chi connectivity index (χ3n) is 2.12. The lowest BCUT2D eigenvalue weighted by atomic mass is 10.2. The summed E-state index contributed by atoms with van der Waals surface area (Å²) in [5, 5.41) is 13.1. The van der Waals surface area contributed by atoms with Gasteiger partial charge in [0, 0.05) is 28.9 Å². The highest BCUT2D eigenvalue weighted by molar-refractivity contribution is 8.02. The maximum Gasteiger partial charge on any atom is 0.193 e. The van der Waals surface area contributed by atoms with E-state index >= 15 is 0 Å². The molecule has 0 aliphatic carbocycles. The largest absolute Gasteiger partial charge is 0.619 e. The van der Waals surface area contributed by atoms with E-state index in [1.165, 1.54) is 6.20 Å². The van der Waals surface area contributed by atoms with Crippen molar-refractivity contribution in [3.05, 3.63) is 40.4 Å². The molecule has 0 aliphatic rings. The van der Waals surface area contributed by atoms with Crippen LogP contribution in [0.2, 0.25) is 0 Å². The first kappa shape index (κ1) is 11.9. The molecule has 0 amide bonds. The molecule has 1 rings (SSSR count). The van der Waals surface area contributed by atoms with Crippen molar-refractivity contribution in [3.8, 4) is 0 Å². The van der Waals surface area contributed by atoms with Gasteiger partial charge in [-0.05, 0) is 13.8 Å². The molecule has 1 aromatic rings. The van der Waals surface area contributed by atoms with Crippen molar-refractivity contribution in [3.63, 3.8) is 0 Å². The molecule has 0 saturated carbocycles. The van der Waals surface area contributed by atoms with Crippen LogP contribution in [0.4, 0.5) is 0 Å². The van der Waals surface area contributed by atoms with E-state index in [1.54, 1.807) is 18.0 Å². The molecule has 4 heteroatoms. The summed E-state index contributed by atoms with van der Waals surface area (Å²) in [4.78, 5) is 1.08. The van der Waals surface area contributed by atoms with Crippen LogP contribution in [0.3, 0.4) is 0 Å². The number of aromatic nitrogens is 1. The summed E-state index contributed by atoms with van der Waals surface area (Å²) in [5.74, 6) is 0. The number of hydrogen-bond donors (Lipinski definition) is 0. The molecule has 15 heavy (non-hydrogen) atoms. The van der Waals surface area contributed by atoms with E-state index in [2.05, 4.69) is 0 Å². The first-order valence-corrected chi connectivity index (χ1v) is 5.67. The molecule has 0 unspecified atom stereocenters. The van der Waals surface area contributed by atoms with Gasteiger partial charge in [-0.15, -0.1) is 0 Å². The van der Waals surface area contributed by atoms with E-state index in [0.717, 1.165) is 20.9 Å². The number of ether oxygens (including phenoxy) is 1. The Bertz CT molecular complexity index is 364. The van der Waals surface area contributed by atoms with Crippen LogP contribution in [0.1, 0.15) is 18.2 Å². The van der Waals surface area contributed by atoms with Crippen LogP contribution in [0.5, 0.6) is 0 Å². The topological polar surface area (TPSA) is 36.2 Å². The fraction of sp³-hybridized carbons (Fsp3) is 0.364. The monoisotopic (exact) mass is 225 g/mol. The molecule has 1 heterocycles. The van der Waals surface area contributed by atoms with Gasteiger partial charge in [0.25, 0.3) is 0 Å². The minimum absolute atomic E-state index is 0.671. The number of thioether (sulfide) groups is 1. The lowest BCUT2D eigenvalue weighted by molar-refractivity contribution is -0.613. The molecular weight excluding hydrogens is 210 g/mol. The Labute approximate surface area is 94.3 Å². The van der Waals surface area contributed by atoms with Crippen LogP contribution in [0, 0.1) is 19.1 Å². The standard InChI is InChI=1S/C11H15NO2S/c1-4-14-7-8-15-11-5-6-12(13)10(3)9(11)2/h5-8H,4H2,1-3H3/b8-7+. The highest BCUT2D eigenvalue weighted by Gasteiger charge is 2.07. The predicted octanol–water partition coefficient (Wildman–Crippen LogP) is 2.54. The first-order chi connectivity index (χ1) is 7.16. The average molecular weight is 225 g/mol. The zero-order valence-electron chi connectivity index (χ0n) is 9.19. The molecule has 0 bridgehead atoms. The zero-order chi connectivity index (χ0) is 11.3. The summed E-state index contributed by atoms with van der Waals surface area (Å²) in [6.45, 7) is 6.37. The zero-order valence-corrected chi connectivity index (χ0v) is 10.0. The van der Waals surface area contributed by atoms with Gasteiger partial charge in [-0.1, -0.05) is 11.8 Å². The van der Waals surface area contributed by atoms with Crippen molar-refractivity contribution < 1.29 is 9.47 Å². The van der Waals surface area contributed by atoms with Crippen LogP contribution < -0.4 is 4.73 Å². The van der Waals surface area contributed by atoms with Crippen molar-refractivity contribution in [1.82, 2.24) is 0 Å².